The molecule has 0 aliphatic carbocycles. The van der Waals surface area contributed by atoms with Gasteiger partial charge in [-0.05, 0) is 38.4 Å². The second-order valence-electron chi connectivity index (χ2n) is 5.86. The molecule has 1 atom stereocenters. The third-order valence-corrected chi connectivity index (χ3v) is 3.63. The van der Waals surface area contributed by atoms with Crippen LogP contribution in [0.1, 0.15) is 23.4 Å². The number of nitrogens with zero attached hydrogens (tertiary/aromatic N) is 2. The topological polar surface area (TPSA) is 59.3 Å². The van der Waals surface area contributed by atoms with E-state index in [4.69, 9.17) is 4.74 Å². The smallest absolute Gasteiger partial charge is 0.0897 e. The van der Waals surface area contributed by atoms with Crippen LogP contribution in [0.15, 0.2) is 36.4 Å². The van der Waals surface area contributed by atoms with Crippen molar-refractivity contribution in [2.24, 2.45) is 0 Å². The Balaban J connectivity index is 1.51. The van der Waals surface area contributed by atoms with E-state index in [9.17, 15) is 5.11 Å². The third kappa shape index (κ3) is 6.52. The van der Waals surface area contributed by atoms with E-state index < -0.39 is 6.10 Å². The van der Waals surface area contributed by atoms with Gasteiger partial charge in [-0.3, -0.25) is 4.68 Å². The summed E-state index contributed by atoms with van der Waals surface area (Å²) in [7, 11) is 0. The van der Waals surface area contributed by atoms with Crippen LogP contribution < -0.4 is 5.32 Å². The molecule has 1 heterocycles. The fourth-order valence-corrected chi connectivity index (χ4v) is 2.47. The molecule has 126 valence electrons. The number of ether oxygens (including phenoxy) is 1. The van der Waals surface area contributed by atoms with Gasteiger partial charge in [-0.1, -0.05) is 30.3 Å². The molecular formula is C18H27N3O2. The molecule has 0 fully saturated rings. The largest absolute Gasteiger partial charge is 0.389 e. The maximum atomic E-state index is 9.89. The second kappa shape index (κ2) is 9.45. The van der Waals surface area contributed by atoms with E-state index in [1.807, 2.05) is 41.9 Å². The number of aliphatic hydroxyl groups is 1. The zero-order valence-corrected chi connectivity index (χ0v) is 14.0. The molecule has 2 aromatic rings. The lowest BCUT2D eigenvalue weighted by Crippen LogP contribution is -2.31. The van der Waals surface area contributed by atoms with Gasteiger partial charge in [0.05, 0.1) is 25.0 Å². The van der Waals surface area contributed by atoms with Crippen LogP contribution in [-0.2, 0) is 17.9 Å². The van der Waals surface area contributed by atoms with Crippen molar-refractivity contribution in [1.82, 2.24) is 15.1 Å². The summed E-state index contributed by atoms with van der Waals surface area (Å²) in [4.78, 5) is 0. The van der Waals surface area contributed by atoms with Crippen molar-refractivity contribution in [2.45, 2.75) is 39.5 Å². The predicted octanol–water partition coefficient (Wildman–Crippen LogP) is 2.06. The molecule has 2 N–H and O–H groups in total. The van der Waals surface area contributed by atoms with Crippen LogP contribution in [0.2, 0.25) is 0 Å². The van der Waals surface area contributed by atoms with E-state index in [1.165, 1.54) is 5.69 Å². The van der Waals surface area contributed by atoms with Gasteiger partial charge in [0, 0.05) is 18.8 Å². The van der Waals surface area contributed by atoms with Crippen molar-refractivity contribution in [2.75, 3.05) is 19.7 Å². The highest BCUT2D eigenvalue weighted by molar-refractivity contribution is 5.13. The fourth-order valence-electron chi connectivity index (χ4n) is 2.47. The van der Waals surface area contributed by atoms with Gasteiger partial charge in [0.15, 0.2) is 0 Å². The molecular weight excluding hydrogens is 290 g/mol. The van der Waals surface area contributed by atoms with Crippen LogP contribution in [0.25, 0.3) is 0 Å². The number of nitrogens with one attached hydrogen (secondary N) is 1. The summed E-state index contributed by atoms with van der Waals surface area (Å²) in [6, 6.07) is 12.1. The first-order valence-electron chi connectivity index (χ1n) is 8.16. The van der Waals surface area contributed by atoms with Crippen molar-refractivity contribution in [3.63, 3.8) is 0 Å². The quantitative estimate of drug-likeness (QED) is 0.659. The van der Waals surface area contributed by atoms with Gasteiger partial charge in [0.1, 0.15) is 0 Å². The number of hydrogen-bond donors (Lipinski definition) is 2. The summed E-state index contributed by atoms with van der Waals surface area (Å²) in [5.74, 6) is 0. The van der Waals surface area contributed by atoms with Crippen molar-refractivity contribution < 1.29 is 9.84 Å². The molecule has 0 spiro atoms. The molecule has 1 unspecified atom stereocenters. The molecule has 2 rings (SSSR count). The lowest BCUT2D eigenvalue weighted by molar-refractivity contribution is 0.0289. The van der Waals surface area contributed by atoms with Crippen molar-refractivity contribution in [3.05, 3.63) is 53.3 Å². The molecule has 5 heteroatoms. The van der Waals surface area contributed by atoms with Gasteiger partial charge in [-0.15, -0.1) is 0 Å². The predicted molar refractivity (Wildman–Crippen MR) is 91.3 cm³/mol. The Morgan fingerprint density at radius 2 is 2.04 bits per heavy atom. The molecule has 23 heavy (non-hydrogen) atoms. The Kier molecular flexibility index (Phi) is 7.26. The van der Waals surface area contributed by atoms with Crippen LogP contribution in [-0.4, -0.2) is 40.7 Å². The lowest BCUT2D eigenvalue weighted by Gasteiger charge is -2.12. The monoisotopic (exact) mass is 317 g/mol. The van der Waals surface area contributed by atoms with Crippen LogP contribution in [0.4, 0.5) is 0 Å². The van der Waals surface area contributed by atoms with Gasteiger partial charge in [-0.2, -0.15) is 5.10 Å². The first-order valence-corrected chi connectivity index (χ1v) is 8.16. The fraction of sp³-hybridized carbons (Fsp3) is 0.500. The van der Waals surface area contributed by atoms with Crippen LogP contribution in [0.3, 0.4) is 0 Å². The van der Waals surface area contributed by atoms with E-state index in [-0.39, 0.29) is 0 Å². The molecule has 0 aliphatic rings. The SMILES string of the molecule is Cc1cc(C)n(CCCNCC(O)COCc2ccccc2)n1. The summed E-state index contributed by atoms with van der Waals surface area (Å²) in [5.41, 5.74) is 3.37. The van der Waals surface area contributed by atoms with E-state index >= 15 is 0 Å². The van der Waals surface area contributed by atoms with E-state index in [2.05, 4.69) is 23.4 Å². The van der Waals surface area contributed by atoms with Crippen molar-refractivity contribution in [1.29, 1.82) is 0 Å². The summed E-state index contributed by atoms with van der Waals surface area (Å²) in [6.45, 7) is 7.26. The maximum absolute atomic E-state index is 9.89. The summed E-state index contributed by atoms with van der Waals surface area (Å²) < 4.78 is 7.55. The molecule has 5 nitrogen and oxygen atoms in total. The summed E-state index contributed by atoms with van der Waals surface area (Å²) in [5, 5.41) is 17.6. The molecule has 0 bridgehead atoms. The summed E-state index contributed by atoms with van der Waals surface area (Å²) in [6.07, 6.45) is 0.506. The average molecular weight is 317 g/mol. The Labute approximate surface area is 138 Å². The number of rotatable bonds is 10. The Morgan fingerprint density at radius 1 is 1.26 bits per heavy atom. The maximum Gasteiger partial charge on any atom is 0.0897 e. The number of aromatic nitrogens is 2. The number of benzene rings is 1. The highest BCUT2D eigenvalue weighted by atomic mass is 16.5. The zero-order valence-electron chi connectivity index (χ0n) is 14.0. The first kappa shape index (κ1) is 17.7. The van der Waals surface area contributed by atoms with Crippen LogP contribution in [0.5, 0.6) is 0 Å². The molecule has 1 aromatic heterocycles. The molecule has 0 aliphatic heterocycles. The van der Waals surface area contributed by atoms with Crippen LogP contribution in [0, 0.1) is 13.8 Å². The van der Waals surface area contributed by atoms with E-state index in [0.717, 1.165) is 30.8 Å². The molecule has 1 aromatic carbocycles. The van der Waals surface area contributed by atoms with Gasteiger partial charge in [-0.25, -0.2) is 0 Å². The van der Waals surface area contributed by atoms with Gasteiger partial charge in [0.2, 0.25) is 0 Å². The van der Waals surface area contributed by atoms with Gasteiger partial charge >= 0.3 is 0 Å². The second-order valence-corrected chi connectivity index (χ2v) is 5.86. The lowest BCUT2D eigenvalue weighted by atomic mass is 10.2. The Hall–Kier alpha value is -1.69. The number of aliphatic hydroxyl groups excluding tert-OH is 1. The van der Waals surface area contributed by atoms with Gasteiger partial charge < -0.3 is 15.2 Å². The van der Waals surface area contributed by atoms with Crippen molar-refractivity contribution in [3.8, 4) is 0 Å². The Bertz CT molecular complexity index is 569. The highest BCUT2D eigenvalue weighted by Gasteiger charge is 2.04. The standard InChI is InChI=1S/C18H27N3O2/c1-15-11-16(2)21(20-15)10-6-9-19-12-18(22)14-23-13-17-7-4-3-5-8-17/h3-5,7-8,11,18-19,22H,6,9-10,12-14H2,1-2H3. The molecule has 0 radical (unpaired) electrons. The summed E-state index contributed by atoms with van der Waals surface area (Å²) >= 11 is 0. The minimum Gasteiger partial charge on any atom is -0.389 e. The van der Waals surface area contributed by atoms with E-state index in [1.54, 1.807) is 0 Å². The third-order valence-electron chi connectivity index (χ3n) is 3.63. The zero-order chi connectivity index (χ0) is 16.5. The average Bonchev–Trinajstić information content (AvgIpc) is 2.86. The van der Waals surface area contributed by atoms with Gasteiger partial charge in [0.25, 0.3) is 0 Å². The first-order chi connectivity index (χ1) is 11.1. The molecule has 0 saturated carbocycles. The highest BCUT2D eigenvalue weighted by Crippen LogP contribution is 2.02. The van der Waals surface area contributed by atoms with Crippen LogP contribution >= 0.6 is 0 Å². The minimum atomic E-state index is -0.479. The van der Waals surface area contributed by atoms with Crippen molar-refractivity contribution >= 4 is 0 Å². The number of hydrogen-bond acceptors (Lipinski definition) is 4. The number of aryl methyl sites for hydroxylation is 3. The molecule has 0 amide bonds. The minimum absolute atomic E-state index is 0.347. The van der Waals surface area contributed by atoms with E-state index in [0.29, 0.717) is 19.8 Å². The normalized spacial score (nSPS) is 12.5. The molecule has 0 saturated heterocycles. The Morgan fingerprint density at radius 3 is 2.74 bits per heavy atom.